The predicted octanol–water partition coefficient (Wildman–Crippen LogP) is 2.50. The molecule has 1 aromatic rings. The topological polar surface area (TPSA) is 49.3 Å². The molecule has 1 N–H and O–H groups in total. The molecule has 0 bridgehead atoms. The number of aliphatic imine (C=N–C) groups is 1. The summed E-state index contributed by atoms with van der Waals surface area (Å²) in [6.07, 6.45) is 1.86. The van der Waals surface area contributed by atoms with Crippen molar-refractivity contribution >= 4 is 29.9 Å². The molecule has 2 aliphatic rings. The number of hydrogen-bond donors (Lipinski definition) is 1. The van der Waals surface area contributed by atoms with E-state index in [1.165, 1.54) is 11.1 Å². The fourth-order valence-electron chi connectivity index (χ4n) is 3.96. The predicted molar refractivity (Wildman–Crippen MR) is 125 cm³/mol. The Bertz CT molecular complexity index is 627. The van der Waals surface area contributed by atoms with Gasteiger partial charge in [0.25, 0.3) is 0 Å². The minimum Gasteiger partial charge on any atom is -0.381 e. The van der Waals surface area contributed by atoms with Crippen molar-refractivity contribution in [3.8, 4) is 0 Å². The second-order valence-electron chi connectivity index (χ2n) is 7.65. The highest BCUT2D eigenvalue weighted by molar-refractivity contribution is 14.0. The first kappa shape index (κ1) is 23.4. The fraction of sp³-hybridized carbons (Fsp3) is 0.667. The van der Waals surface area contributed by atoms with E-state index in [4.69, 9.17) is 9.47 Å². The zero-order chi connectivity index (χ0) is 19.1. The first-order valence-corrected chi connectivity index (χ1v) is 10.0. The number of aryl methyl sites for hydroxylation is 1. The maximum absolute atomic E-state index is 5.83. The number of halogens is 1. The van der Waals surface area contributed by atoms with Gasteiger partial charge in [-0.15, -0.1) is 24.0 Å². The van der Waals surface area contributed by atoms with Crippen molar-refractivity contribution in [2.24, 2.45) is 4.99 Å². The van der Waals surface area contributed by atoms with Crippen LogP contribution in [0.1, 0.15) is 24.0 Å². The summed E-state index contributed by atoms with van der Waals surface area (Å²) in [5.41, 5.74) is 2.59. The van der Waals surface area contributed by atoms with Crippen molar-refractivity contribution in [2.75, 3.05) is 60.1 Å². The van der Waals surface area contributed by atoms with Gasteiger partial charge in [0.05, 0.1) is 5.60 Å². The number of piperazine rings is 1. The van der Waals surface area contributed by atoms with Crippen LogP contribution in [0.3, 0.4) is 0 Å². The van der Waals surface area contributed by atoms with E-state index in [2.05, 4.69) is 51.3 Å². The lowest BCUT2D eigenvalue weighted by atomic mass is 9.94. The molecule has 0 aromatic heterocycles. The first-order chi connectivity index (χ1) is 13.1. The van der Waals surface area contributed by atoms with Crippen molar-refractivity contribution < 1.29 is 9.47 Å². The Labute approximate surface area is 186 Å². The molecule has 0 unspecified atom stereocenters. The van der Waals surface area contributed by atoms with E-state index in [1.807, 2.05) is 7.05 Å². The molecular weight excluding hydrogens is 467 g/mol. The maximum atomic E-state index is 5.83. The van der Waals surface area contributed by atoms with Gasteiger partial charge >= 0.3 is 0 Å². The summed E-state index contributed by atoms with van der Waals surface area (Å²) >= 11 is 0. The Kier molecular flexibility index (Phi) is 9.46. The number of ether oxygens (including phenoxy) is 2. The fourth-order valence-corrected chi connectivity index (χ4v) is 3.96. The van der Waals surface area contributed by atoms with Crippen molar-refractivity contribution in [2.45, 2.75) is 31.9 Å². The van der Waals surface area contributed by atoms with Gasteiger partial charge < -0.3 is 19.7 Å². The summed E-state index contributed by atoms with van der Waals surface area (Å²) in [6, 6.07) is 8.81. The molecule has 158 valence electrons. The lowest BCUT2D eigenvalue weighted by Gasteiger charge is -2.39. The van der Waals surface area contributed by atoms with Crippen molar-refractivity contribution in [3.63, 3.8) is 0 Å². The summed E-state index contributed by atoms with van der Waals surface area (Å²) < 4.78 is 11.3. The maximum Gasteiger partial charge on any atom is 0.193 e. The molecule has 6 nitrogen and oxygen atoms in total. The van der Waals surface area contributed by atoms with Crippen LogP contribution in [-0.2, 0) is 16.0 Å². The summed E-state index contributed by atoms with van der Waals surface area (Å²) in [6.45, 7) is 9.59. The standard InChI is InChI=1S/C21H34N4O2.HI/c1-18-5-4-6-19(15-18)16-24-9-11-25(12-10-24)20(22-2)23-17-21(26-3)7-13-27-14-8-21;/h4-6,15H,7-14,16-17H2,1-3H3,(H,22,23);1H. The number of methoxy groups -OCH3 is 1. The average molecular weight is 502 g/mol. The van der Waals surface area contributed by atoms with Crippen LogP contribution in [0.2, 0.25) is 0 Å². The molecule has 1 aromatic carbocycles. The monoisotopic (exact) mass is 502 g/mol. The van der Waals surface area contributed by atoms with Crippen LogP contribution in [0.5, 0.6) is 0 Å². The van der Waals surface area contributed by atoms with Gasteiger partial charge in [-0.25, -0.2) is 0 Å². The van der Waals surface area contributed by atoms with Gasteiger partial charge in [-0.1, -0.05) is 29.8 Å². The van der Waals surface area contributed by atoms with Gasteiger partial charge in [-0.3, -0.25) is 9.89 Å². The molecule has 0 spiro atoms. The third-order valence-corrected chi connectivity index (χ3v) is 5.78. The van der Waals surface area contributed by atoms with Crippen LogP contribution in [-0.4, -0.2) is 81.5 Å². The third-order valence-electron chi connectivity index (χ3n) is 5.78. The molecule has 0 saturated carbocycles. The normalized spacial score (nSPS) is 20.5. The largest absolute Gasteiger partial charge is 0.381 e. The van der Waals surface area contributed by atoms with Crippen molar-refractivity contribution in [1.82, 2.24) is 15.1 Å². The van der Waals surface area contributed by atoms with Gasteiger partial charge in [-0.05, 0) is 12.5 Å². The molecule has 7 heteroatoms. The molecule has 2 saturated heterocycles. The minimum absolute atomic E-state index is 0. The van der Waals surface area contributed by atoms with Crippen molar-refractivity contribution in [3.05, 3.63) is 35.4 Å². The van der Waals surface area contributed by atoms with E-state index in [1.54, 1.807) is 7.11 Å². The Morgan fingerprint density at radius 3 is 2.54 bits per heavy atom. The van der Waals surface area contributed by atoms with Gasteiger partial charge in [0.15, 0.2) is 5.96 Å². The highest BCUT2D eigenvalue weighted by atomic mass is 127. The Balaban J connectivity index is 0.00000280. The van der Waals surface area contributed by atoms with Gasteiger partial charge in [0, 0.05) is 79.5 Å². The Morgan fingerprint density at radius 2 is 1.93 bits per heavy atom. The molecule has 2 fully saturated rings. The van der Waals surface area contributed by atoms with Gasteiger partial charge in [0.1, 0.15) is 0 Å². The zero-order valence-electron chi connectivity index (χ0n) is 17.4. The summed E-state index contributed by atoms with van der Waals surface area (Å²) in [4.78, 5) is 9.39. The summed E-state index contributed by atoms with van der Waals surface area (Å²) in [7, 11) is 3.67. The second-order valence-corrected chi connectivity index (χ2v) is 7.65. The highest BCUT2D eigenvalue weighted by Gasteiger charge is 2.33. The van der Waals surface area contributed by atoms with Crippen LogP contribution >= 0.6 is 24.0 Å². The van der Waals surface area contributed by atoms with Crippen LogP contribution in [0.25, 0.3) is 0 Å². The van der Waals surface area contributed by atoms with E-state index in [-0.39, 0.29) is 29.6 Å². The highest BCUT2D eigenvalue weighted by Crippen LogP contribution is 2.23. The molecule has 2 heterocycles. The number of rotatable bonds is 5. The number of nitrogens with zero attached hydrogens (tertiary/aromatic N) is 3. The molecule has 0 radical (unpaired) electrons. The molecular formula is C21H35IN4O2. The number of guanidine groups is 1. The van der Waals surface area contributed by atoms with Crippen LogP contribution in [0, 0.1) is 6.92 Å². The molecule has 3 rings (SSSR count). The van der Waals surface area contributed by atoms with Gasteiger partial charge in [-0.2, -0.15) is 0 Å². The molecule has 0 atom stereocenters. The number of hydrogen-bond acceptors (Lipinski definition) is 4. The van der Waals surface area contributed by atoms with Crippen molar-refractivity contribution in [1.29, 1.82) is 0 Å². The summed E-state index contributed by atoms with van der Waals surface area (Å²) in [5.74, 6) is 0.980. The number of benzene rings is 1. The van der Waals surface area contributed by atoms with E-state index in [9.17, 15) is 0 Å². The number of nitrogens with one attached hydrogen (secondary N) is 1. The zero-order valence-corrected chi connectivity index (χ0v) is 19.8. The minimum atomic E-state index is -0.138. The molecule has 0 amide bonds. The van der Waals surface area contributed by atoms with E-state index >= 15 is 0 Å². The molecule has 0 aliphatic carbocycles. The molecule has 2 aliphatic heterocycles. The average Bonchev–Trinajstić information content (AvgIpc) is 2.70. The first-order valence-electron chi connectivity index (χ1n) is 10.0. The molecule has 28 heavy (non-hydrogen) atoms. The quantitative estimate of drug-likeness (QED) is 0.381. The Hall–Kier alpha value is -0.900. The van der Waals surface area contributed by atoms with Crippen LogP contribution in [0.4, 0.5) is 0 Å². The second kappa shape index (κ2) is 11.3. The lowest BCUT2D eigenvalue weighted by Crippen LogP contribution is -2.55. The summed E-state index contributed by atoms with van der Waals surface area (Å²) in [5, 5.41) is 3.55. The van der Waals surface area contributed by atoms with E-state index < -0.39 is 0 Å². The van der Waals surface area contributed by atoms with Gasteiger partial charge in [0.2, 0.25) is 0 Å². The Morgan fingerprint density at radius 1 is 1.21 bits per heavy atom. The van der Waals surface area contributed by atoms with E-state index in [0.29, 0.717) is 0 Å². The lowest BCUT2D eigenvalue weighted by molar-refractivity contribution is -0.0858. The van der Waals surface area contributed by atoms with Crippen LogP contribution in [0.15, 0.2) is 29.3 Å². The van der Waals surface area contributed by atoms with Crippen LogP contribution < -0.4 is 5.32 Å². The SMILES string of the molecule is CN=C(NCC1(OC)CCOCC1)N1CCN(Cc2cccc(C)c2)CC1.I. The van der Waals surface area contributed by atoms with E-state index in [0.717, 1.165) is 71.3 Å². The third kappa shape index (κ3) is 6.30. The smallest absolute Gasteiger partial charge is 0.193 e.